The molecule has 0 aliphatic heterocycles. The predicted octanol–water partition coefficient (Wildman–Crippen LogP) is 1.90. The Bertz CT molecular complexity index is 456. The first-order valence-electron chi connectivity index (χ1n) is 5.97. The van der Waals surface area contributed by atoms with Crippen molar-refractivity contribution >= 4 is 11.7 Å². The predicted molar refractivity (Wildman–Crippen MR) is 72.3 cm³/mol. The van der Waals surface area contributed by atoms with Crippen molar-refractivity contribution in [3.63, 3.8) is 0 Å². The largest absolute Gasteiger partial charge is 0.384 e. The first-order valence-corrected chi connectivity index (χ1v) is 5.97. The van der Waals surface area contributed by atoms with Crippen LogP contribution in [0.15, 0.2) is 24.3 Å². The Morgan fingerprint density at radius 3 is 2.72 bits per heavy atom. The minimum Gasteiger partial charge on any atom is -0.384 e. The van der Waals surface area contributed by atoms with E-state index in [0.717, 1.165) is 5.56 Å². The molecule has 0 heterocycles. The van der Waals surface area contributed by atoms with E-state index in [9.17, 15) is 4.79 Å². The molecule has 96 valence electrons. The van der Waals surface area contributed by atoms with Crippen LogP contribution in [0.3, 0.4) is 0 Å². The van der Waals surface area contributed by atoms with Crippen LogP contribution in [0.25, 0.3) is 0 Å². The van der Waals surface area contributed by atoms with E-state index in [4.69, 9.17) is 5.11 Å². The highest BCUT2D eigenvalue weighted by atomic mass is 16.2. The number of urea groups is 1. The Morgan fingerprint density at radius 1 is 1.39 bits per heavy atom. The van der Waals surface area contributed by atoms with Crippen LogP contribution in [0.1, 0.15) is 19.4 Å². The van der Waals surface area contributed by atoms with Crippen molar-refractivity contribution in [1.82, 2.24) is 4.90 Å². The summed E-state index contributed by atoms with van der Waals surface area (Å²) in [5.74, 6) is 5.37. The normalized spacial score (nSPS) is 9.28. The lowest BCUT2D eigenvalue weighted by atomic mass is 10.2. The molecule has 0 atom stereocenters. The van der Waals surface area contributed by atoms with Crippen molar-refractivity contribution in [2.75, 3.05) is 25.0 Å². The van der Waals surface area contributed by atoms with E-state index in [1.54, 1.807) is 11.0 Å². The Kier molecular flexibility index (Phi) is 5.75. The van der Waals surface area contributed by atoms with E-state index < -0.39 is 0 Å². The molecule has 2 amide bonds. The molecular weight excluding hydrogens is 228 g/mol. The molecule has 1 aromatic carbocycles. The number of carbonyl (C=O) groups is 1. The fourth-order valence-electron chi connectivity index (χ4n) is 1.53. The SMILES string of the molecule is CCN(CC)C(=O)Nc1cccc(C#CCO)c1. The van der Waals surface area contributed by atoms with Crippen LogP contribution in [0.5, 0.6) is 0 Å². The van der Waals surface area contributed by atoms with Gasteiger partial charge in [-0.1, -0.05) is 17.9 Å². The van der Waals surface area contributed by atoms with Gasteiger partial charge in [0.2, 0.25) is 0 Å². The topological polar surface area (TPSA) is 52.6 Å². The number of carbonyl (C=O) groups excluding carboxylic acids is 1. The number of hydrogen-bond donors (Lipinski definition) is 2. The third-order valence-electron chi connectivity index (χ3n) is 2.48. The first kappa shape index (κ1) is 14.1. The van der Waals surface area contributed by atoms with Gasteiger partial charge in [0, 0.05) is 24.3 Å². The molecule has 2 N–H and O–H groups in total. The van der Waals surface area contributed by atoms with Gasteiger partial charge in [-0.15, -0.1) is 0 Å². The molecule has 4 nitrogen and oxygen atoms in total. The molecule has 1 rings (SSSR count). The molecule has 1 aromatic rings. The molecule has 0 aromatic heterocycles. The monoisotopic (exact) mass is 246 g/mol. The van der Waals surface area contributed by atoms with E-state index in [2.05, 4.69) is 17.2 Å². The van der Waals surface area contributed by atoms with E-state index in [-0.39, 0.29) is 12.6 Å². The zero-order chi connectivity index (χ0) is 13.4. The van der Waals surface area contributed by atoms with Gasteiger partial charge < -0.3 is 15.3 Å². The number of nitrogens with one attached hydrogen (secondary N) is 1. The van der Waals surface area contributed by atoms with Crippen LogP contribution in [0.2, 0.25) is 0 Å². The highest BCUT2D eigenvalue weighted by Crippen LogP contribution is 2.10. The second-order valence-corrected chi connectivity index (χ2v) is 3.64. The zero-order valence-electron chi connectivity index (χ0n) is 10.7. The highest BCUT2D eigenvalue weighted by Gasteiger charge is 2.08. The fourth-order valence-corrected chi connectivity index (χ4v) is 1.53. The van der Waals surface area contributed by atoms with Gasteiger partial charge in [0.25, 0.3) is 0 Å². The third kappa shape index (κ3) is 4.11. The molecule has 0 radical (unpaired) electrons. The maximum absolute atomic E-state index is 11.8. The number of amides is 2. The number of anilines is 1. The summed E-state index contributed by atoms with van der Waals surface area (Å²) in [6, 6.07) is 7.12. The van der Waals surface area contributed by atoms with Gasteiger partial charge in [0.1, 0.15) is 6.61 Å². The molecule has 0 saturated carbocycles. The quantitative estimate of drug-likeness (QED) is 0.800. The minimum atomic E-state index is -0.171. The molecular formula is C14H18N2O2. The summed E-state index contributed by atoms with van der Waals surface area (Å²) in [6.45, 7) is 5.05. The van der Waals surface area contributed by atoms with Crippen molar-refractivity contribution in [1.29, 1.82) is 0 Å². The van der Waals surface area contributed by atoms with Crippen LogP contribution >= 0.6 is 0 Å². The molecule has 0 spiro atoms. The Balaban J connectivity index is 2.76. The average Bonchev–Trinajstić information content (AvgIpc) is 2.38. The van der Waals surface area contributed by atoms with E-state index in [1.807, 2.05) is 32.0 Å². The van der Waals surface area contributed by atoms with Crippen molar-refractivity contribution in [2.45, 2.75) is 13.8 Å². The minimum absolute atomic E-state index is 0.118. The van der Waals surface area contributed by atoms with Gasteiger partial charge in [0.05, 0.1) is 0 Å². The third-order valence-corrected chi connectivity index (χ3v) is 2.48. The standard InChI is InChI=1S/C14H18N2O2/c1-3-16(4-2)14(18)15-13-9-5-7-12(11-13)8-6-10-17/h5,7,9,11,17H,3-4,10H2,1-2H3,(H,15,18). The van der Waals surface area contributed by atoms with Crippen molar-refractivity contribution in [3.8, 4) is 11.8 Å². The summed E-state index contributed by atoms with van der Waals surface area (Å²) in [5.41, 5.74) is 1.47. The average molecular weight is 246 g/mol. The second-order valence-electron chi connectivity index (χ2n) is 3.64. The van der Waals surface area contributed by atoms with E-state index in [0.29, 0.717) is 18.8 Å². The molecule has 0 aliphatic rings. The summed E-state index contributed by atoms with van der Waals surface area (Å²) in [6.07, 6.45) is 0. The molecule has 0 aliphatic carbocycles. The summed E-state index contributed by atoms with van der Waals surface area (Å²) >= 11 is 0. The van der Waals surface area contributed by atoms with Crippen LogP contribution < -0.4 is 5.32 Å². The maximum atomic E-state index is 11.8. The van der Waals surface area contributed by atoms with Crippen LogP contribution in [-0.4, -0.2) is 35.7 Å². The summed E-state index contributed by atoms with van der Waals surface area (Å²) in [7, 11) is 0. The van der Waals surface area contributed by atoms with Crippen LogP contribution in [0, 0.1) is 11.8 Å². The zero-order valence-corrected chi connectivity index (χ0v) is 10.7. The Hall–Kier alpha value is -1.99. The molecule has 4 heteroatoms. The number of hydrogen-bond acceptors (Lipinski definition) is 2. The lowest BCUT2D eigenvalue weighted by Crippen LogP contribution is -2.34. The molecule has 0 unspecified atom stereocenters. The van der Waals surface area contributed by atoms with Gasteiger partial charge >= 0.3 is 6.03 Å². The van der Waals surface area contributed by atoms with Crippen molar-refractivity contribution in [2.24, 2.45) is 0 Å². The molecule has 0 fully saturated rings. The highest BCUT2D eigenvalue weighted by molar-refractivity contribution is 5.89. The summed E-state index contributed by atoms with van der Waals surface area (Å²) in [4.78, 5) is 13.5. The van der Waals surface area contributed by atoms with Gasteiger partial charge in [0.15, 0.2) is 0 Å². The number of aliphatic hydroxyl groups is 1. The lowest BCUT2D eigenvalue weighted by Gasteiger charge is -2.19. The van der Waals surface area contributed by atoms with Crippen LogP contribution in [-0.2, 0) is 0 Å². The smallest absolute Gasteiger partial charge is 0.321 e. The van der Waals surface area contributed by atoms with Gasteiger partial charge in [-0.2, -0.15) is 0 Å². The summed E-state index contributed by atoms with van der Waals surface area (Å²) < 4.78 is 0. The van der Waals surface area contributed by atoms with Gasteiger partial charge in [-0.05, 0) is 32.0 Å². The molecule has 0 bridgehead atoms. The summed E-state index contributed by atoms with van der Waals surface area (Å²) in [5, 5.41) is 11.4. The van der Waals surface area contributed by atoms with Crippen LogP contribution in [0.4, 0.5) is 10.5 Å². The Morgan fingerprint density at radius 2 is 2.11 bits per heavy atom. The van der Waals surface area contributed by atoms with Crippen molar-refractivity contribution < 1.29 is 9.90 Å². The van der Waals surface area contributed by atoms with E-state index in [1.165, 1.54) is 0 Å². The fraction of sp³-hybridized carbons (Fsp3) is 0.357. The first-order chi connectivity index (χ1) is 8.71. The number of rotatable bonds is 3. The Labute approximate surface area is 108 Å². The molecule has 0 saturated heterocycles. The second kappa shape index (κ2) is 7.36. The van der Waals surface area contributed by atoms with Gasteiger partial charge in [-0.3, -0.25) is 0 Å². The maximum Gasteiger partial charge on any atom is 0.321 e. The van der Waals surface area contributed by atoms with Crippen molar-refractivity contribution in [3.05, 3.63) is 29.8 Å². The number of nitrogens with zero attached hydrogens (tertiary/aromatic N) is 1. The van der Waals surface area contributed by atoms with E-state index >= 15 is 0 Å². The lowest BCUT2D eigenvalue weighted by molar-refractivity contribution is 0.217. The van der Waals surface area contributed by atoms with Gasteiger partial charge in [-0.25, -0.2) is 4.79 Å². The number of aliphatic hydroxyl groups excluding tert-OH is 1. The molecule has 18 heavy (non-hydrogen) atoms. The number of benzene rings is 1.